The number of piperidine rings is 1. The van der Waals surface area contributed by atoms with Crippen molar-refractivity contribution in [1.29, 1.82) is 0 Å². The number of nitrogens with zero attached hydrogens (tertiary/aromatic N) is 3. The maximum atomic E-state index is 11.0. The zero-order chi connectivity index (χ0) is 20.9. The Labute approximate surface area is 182 Å². The average Bonchev–Trinajstić information content (AvgIpc) is 3.31. The zero-order valence-corrected chi connectivity index (χ0v) is 18.1. The Morgan fingerprint density at radius 1 is 1.06 bits per heavy atom. The molecule has 0 radical (unpaired) electrons. The summed E-state index contributed by atoms with van der Waals surface area (Å²) in [5.41, 5.74) is 5.01. The number of benzene rings is 1. The fourth-order valence-corrected chi connectivity index (χ4v) is 6.14. The van der Waals surface area contributed by atoms with Gasteiger partial charge in [-0.1, -0.05) is 6.92 Å². The molecule has 162 valence electrons. The summed E-state index contributed by atoms with van der Waals surface area (Å²) < 4.78 is 5.46. The van der Waals surface area contributed by atoms with Gasteiger partial charge in [-0.3, -0.25) is 0 Å². The molecular formula is C25H30N4O2. The summed E-state index contributed by atoms with van der Waals surface area (Å²) in [7, 11) is 0. The maximum Gasteiger partial charge on any atom is 0.152 e. The number of aromatic hydroxyl groups is 1. The number of furan rings is 1. The number of hydrogen-bond donors (Lipinski definition) is 2. The largest absolute Gasteiger partial charge is 0.506 e. The van der Waals surface area contributed by atoms with E-state index in [1.165, 1.54) is 56.2 Å². The van der Waals surface area contributed by atoms with Gasteiger partial charge < -0.3 is 19.7 Å². The van der Waals surface area contributed by atoms with Crippen LogP contribution in [0.2, 0.25) is 0 Å². The van der Waals surface area contributed by atoms with Crippen LogP contribution < -0.4 is 5.32 Å². The van der Waals surface area contributed by atoms with E-state index >= 15 is 0 Å². The number of phenolic OH excluding ortho intramolecular Hbond substituents is 1. The van der Waals surface area contributed by atoms with Crippen LogP contribution >= 0.6 is 0 Å². The van der Waals surface area contributed by atoms with Crippen LogP contribution in [-0.2, 0) is 0 Å². The number of phenols is 1. The molecule has 1 saturated carbocycles. The highest BCUT2D eigenvalue weighted by Gasteiger charge is 2.39. The Bertz CT molecular complexity index is 1120. The highest BCUT2D eigenvalue weighted by atomic mass is 16.3. The predicted molar refractivity (Wildman–Crippen MR) is 122 cm³/mol. The van der Waals surface area contributed by atoms with E-state index in [2.05, 4.69) is 17.1 Å². The Morgan fingerprint density at radius 3 is 2.68 bits per heavy atom. The van der Waals surface area contributed by atoms with E-state index in [1.54, 1.807) is 6.26 Å². The summed E-state index contributed by atoms with van der Waals surface area (Å²) >= 11 is 0. The molecule has 0 spiro atoms. The van der Waals surface area contributed by atoms with Crippen LogP contribution in [0.3, 0.4) is 0 Å². The Kier molecular flexibility index (Phi) is 4.64. The van der Waals surface area contributed by atoms with Crippen molar-refractivity contribution in [2.75, 3.05) is 25.0 Å². The van der Waals surface area contributed by atoms with E-state index in [1.807, 2.05) is 18.2 Å². The van der Waals surface area contributed by atoms with Crippen LogP contribution in [0.25, 0.3) is 22.2 Å². The lowest BCUT2D eigenvalue weighted by Crippen LogP contribution is -2.42. The minimum Gasteiger partial charge on any atom is -0.506 e. The molecule has 2 N–H and O–H groups in total. The van der Waals surface area contributed by atoms with Crippen molar-refractivity contribution in [2.45, 2.75) is 63.3 Å². The summed E-state index contributed by atoms with van der Waals surface area (Å²) in [6.45, 7) is 5.60. The average molecular weight is 419 g/mol. The van der Waals surface area contributed by atoms with Gasteiger partial charge in [0.1, 0.15) is 17.0 Å². The fraction of sp³-hybridized carbons (Fsp3) is 0.520. The third kappa shape index (κ3) is 3.11. The van der Waals surface area contributed by atoms with Gasteiger partial charge in [-0.25, -0.2) is 0 Å². The second-order valence-corrected chi connectivity index (χ2v) is 9.44. The smallest absolute Gasteiger partial charge is 0.152 e. The molecule has 1 aromatic carbocycles. The van der Waals surface area contributed by atoms with Crippen LogP contribution in [0.4, 0.5) is 5.82 Å². The molecule has 6 heteroatoms. The molecule has 1 aliphatic heterocycles. The van der Waals surface area contributed by atoms with E-state index in [-0.39, 0.29) is 5.75 Å². The first-order valence-corrected chi connectivity index (χ1v) is 11.8. The Morgan fingerprint density at radius 2 is 1.87 bits per heavy atom. The van der Waals surface area contributed by atoms with Gasteiger partial charge in [-0.05, 0) is 87.2 Å². The van der Waals surface area contributed by atoms with E-state index < -0.39 is 0 Å². The Balaban J connectivity index is 1.44. The van der Waals surface area contributed by atoms with Gasteiger partial charge >= 0.3 is 0 Å². The molecule has 2 bridgehead atoms. The molecule has 7 rings (SSSR count). The lowest BCUT2D eigenvalue weighted by atomic mass is 9.66. The number of anilines is 1. The van der Waals surface area contributed by atoms with Crippen LogP contribution in [0.5, 0.6) is 5.75 Å². The molecule has 31 heavy (non-hydrogen) atoms. The summed E-state index contributed by atoms with van der Waals surface area (Å²) in [6.07, 6.45) is 8.90. The third-order valence-electron chi connectivity index (χ3n) is 7.75. The first-order chi connectivity index (χ1) is 15.2. The zero-order valence-electron chi connectivity index (χ0n) is 18.1. The van der Waals surface area contributed by atoms with Gasteiger partial charge in [-0.15, -0.1) is 10.2 Å². The summed E-state index contributed by atoms with van der Waals surface area (Å²) in [5.74, 6) is 2.28. The monoisotopic (exact) mass is 418 g/mol. The topological polar surface area (TPSA) is 74.4 Å². The van der Waals surface area contributed by atoms with Crippen molar-refractivity contribution in [2.24, 2.45) is 0 Å². The number of rotatable bonds is 4. The molecule has 2 aromatic heterocycles. The van der Waals surface area contributed by atoms with E-state index in [4.69, 9.17) is 14.6 Å². The second-order valence-electron chi connectivity index (χ2n) is 9.44. The minimum absolute atomic E-state index is 0.246. The SMILES string of the molecule is CCN1CCC[C@@H](Nc2nnc(-c3ccc4occc4c3O)c3c2C2CCC3CC2)C1. The van der Waals surface area contributed by atoms with Gasteiger partial charge in [0, 0.05) is 23.7 Å². The van der Waals surface area contributed by atoms with Crippen molar-refractivity contribution in [3.05, 3.63) is 35.6 Å². The molecule has 1 atom stereocenters. The Hall–Kier alpha value is -2.60. The van der Waals surface area contributed by atoms with Crippen molar-refractivity contribution in [1.82, 2.24) is 15.1 Å². The second kappa shape index (κ2) is 7.52. The van der Waals surface area contributed by atoms with Crippen LogP contribution in [0, 0.1) is 0 Å². The molecule has 0 unspecified atom stereocenters. The van der Waals surface area contributed by atoms with Gasteiger partial charge in [-0.2, -0.15) is 0 Å². The molecule has 3 heterocycles. The van der Waals surface area contributed by atoms with E-state index in [0.29, 0.717) is 23.5 Å². The molecule has 3 aromatic rings. The summed E-state index contributed by atoms with van der Waals surface area (Å²) in [5, 5.41) is 25.0. The first-order valence-electron chi connectivity index (χ1n) is 11.8. The number of aromatic nitrogens is 2. The van der Waals surface area contributed by atoms with Gasteiger partial charge in [0.05, 0.1) is 11.6 Å². The number of nitrogens with one attached hydrogen (secondary N) is 1. The predicted octanol–water partition coefficient (Wildman–Crippen LogP) is 5.25. The van der Waals surface area contributed by atoms with Crippen LogP contribution in [0.15, 0.2) is 28.9 Å². The van der Waals surface area contributed by atoms with Gasteiger partial charge in [0.2, 0.25) is 0 Å². The summed E-state index contributed by atoms with van der Waals surface area (Å²) in [4.78, 5) is 2.51. The highest BCUT2D eigenvalue weighted by Crippen LogP contribution is 2.54. The minimum atomic E-state index is 0.246. The number of likely N-dealkylation sites (N-methyl/N-ethyl adjacent to an activating group) is 1. The first kappa shape index (κ1) is 19.1. The third-order valence-corrected chi connectivity index (χ3v) is 7.75. The van der Waals surface area contributed by atoms with Crippen molar-refractivity contribution < 1.29 is 9.52 Å². The lowest BCUT2D eigenvalue weighted by Gasteiger charge is -2.41. The molecular weight excluding hydrogens is 388 g/mol. The van der Waals surface area contributed by atoms with Crippen molar-refractivity contribution >= 4 is 16.8 Å². The molecule has 6 nitrogen and oxygen atoms in total. The molecule has 2 fully saturated rings. The molecule has 4 aliphatic rings. The quantitative estimate of drug-likeness (QED) is 0.603. The summed E-state index contributed by atoms with van der Waals surface area (Å²) in [6, 6.07) is 6.10. The van der Waals surface area contributed by atoms with E-state index in [0.717, 1.165) is 35.6 Å². The van der Waals surface area contributed by atoms with Crippen molar-refractivity contribution in [3.8, 4) is 17.0 Å². The molecule has 3 aliphatic carbocycles. The van der Waals surface area contributed by atoms with Crippen molar-refractivity contribution in [3.63, 3.8) is 0 Å². The van der Waals surface area contributed by atoms with E-state index in [9.17, 15) is 5.11 Å². The van der Waals surface area contributed by atoms with Gasteiger partial charge in [0.25, 0.3) is 0 Å². The van der Waals surface area contributed by atoms with Gasteiger partial charge in [0.15, 0.2) is 5.82 Å². The van der Waals surface area contributed by atoms with Crippen LogP contribution in [0.1, 0.15) is 68.4 Å². The number of fused-ring (bicyclic) bond motifs is 3. The molecule has 1 saturated heterocycles. The highest BCUT2D eigenvalue weighted by molar-refractivity contribution is 5.92. The standard InChI is InChI=1S/C25H30N4O2/c1-2-29-12-3-4-17(14-29)26-25-22-16-7-5-15(6-8-16)21(22)23(27-28-25)19-9-10-20-18(24(19)30)11-13-31-20/h9-11,13,15-17,30H,2-8,12,14H2,1H3,(H,26,28)/t15?,16?,17-/m1/s1. The normalized spacial score (nSPS) is 25.6. The number of likely N-dealkylation sites (tertiary alicyclic amines) is 1. The fourth-order valence-electron chi connectivity index (χ4n) is 6.14. The molecule has 0 amide bonds. The maximum absolute atomic E-state index is 11.0. The number of hydrogen-bond acceptors (Lipinski definition) is 6. The van der Waals surface area contributed by atoms with Crippen LogP contribution in [-0.4, -0.2) is 45.9 Å². The lowest BCUT2D eigenvalue weighted by molar-refractivity contribution is 0.226.